The maximum absolute atomic E-state index is 13.9. The molecular weight excluding hydrogens is 286 g/mol. The van der Waals surface area contributed by atoms with Gasteiger partial charge in [0.15, 0.2) is 0 Å². The molecule has 0 radical (unpaired) electrons. The lowest BCUT2D eigenvalue weighted by atomic mass is 10.1. The molecule has 0 aliphatic rings. The van der Waals surface area contributed by atoms with E-state index in [-0.39, 0.29) is 23.7 Å². The second-order valence-corrected chi connectivity index (χ2v) is 3.71. The second kappa shape index (κ2) is 5.48. The summed E-state index contributed by atoms with van der Waals surface area (Å²) in [5.74, 6) is 0. The maximum atomic E-state index is 13.9. The van der Waals surface area contributed by atoms with Crippen molar-refractivity contribution in [3.63, 3.8) is 0 Å². The molecule has 1 atom stereocenters. The van der Waals surface area contributed by atoms with Crippen LogP contribution in [0.5, 0.6) is 0 Å². The normalized spacial score (nSPS) is 12.8. The monoisotopic (exact) mass is 295 g/mol. The predicted molar refractivity (Wildman–Crippen MR) is 64.6 cm³/mol. The molecule has 1 aromatic carbocycles. The standard InChI is InChI=1S/C11H9F4N3.ClH/c12-10(18-6-9(16)5-17-18)7-1-3-8(4-2-7)11(13,14)15;/h1-6,10H,16H2;1H. The summed E-state index contributed by atoms with van der Waals surface area (Å²) in [6, 6.07) is 3.81. The van der Waals surface area contributed by atoms with Crippen molar-refractivity contribution < 1.29 is 17.6 Å². The van der Waals surface area contributed by atoms with Crippen LogP contribution >= 0.6 is 12.4 Å². The molecular formula is C11H10ClF4N3. The molecule has 3 nitrogen and oxygen atoms in total. The Bertz CT molecular complexity index is 536. The number of rotatable bonds is 2. The van der Waals surface area contributed by atoms with Crippen LogP contribution in [0.3, 0.4) is 0 Å². The van der Waals surface area contributed by atoms with Crippen LogP contribution in [0.25, 0.3) is 0 Å². The van der Waals surface area contributed by atoms with E-state index in [1.807, 2.05) is 0 Å². The molecule has 2 rings (SSSR count). The number of aromatic nitrogens is 2. The average molecular weight is 296 g/mol. The lowest BCUT2D eigenvalue weighted by Gasteiger charge is -2.11. The molecule has 104 valence electrons. The summed E-state index contributed by atoms with van der Waals surface area (Å²) >= 11 is 0. The molecule has 2 N–H and O–H groups in total. The summed E-state index contributed by atoms with van der Waals surface area (Å²) in [6.07, 6.45) is -3.57. The van der Waals surface area contributed by atoms with Crippen molar-refractivity contribution in [2.45, 2.75) is 12.5 Å². The molecule has 0 bridgehead atoms. The van der Waals surface area contributed by atoms with Gasteiger partial charge < -0.3 is 5.73 Å². The van der Waals surface area contributed by atoms with Crippen LogP contribution in [-0.4, -0.2) is 9.78 Å². The molecule has 0 aliphatic heterocycles. The third kappa shape index (κ3) is 3.37. The Labute approximate surface area is 112 Å². The Morgan fingerprint density at radius 3 is 2.16 bits per heavy atom. The first-order chi connectivity index (χ1) is 8.38. The minimum Gasteiger partial charge on any atom is -0.396 e. The molecule has 1 aromatic heterocycles. The number of benzene rings is 1. The van der Waals surface area contributed by atoms with Gasteiger partial charge in [0.2, 0.25) is 6.30 Å². The predicted octanol–water partition coefficient (Wildman–Crippen LogP) is 3.42. The summed E-state index contributed by atoms with van der Waals surface area (Å²) in [6.45, 7) is 0. The van der Waals surface area contributed by atoms with Crippen LogP contribution in [-0.2, 0) is 6.18 Å². The first-order valence-corrected chi connectivity index (χ1v) is 4.99. The Morgan fingerprint density at radius 2 is 1.74 bits per heavy atom. The molecule has 0 amide bonds. The molecule has 19 heavy (non-hydrogen) atoms. The van der Waals surface area contributed by atoms with E-state index in [1.165, 1.54) is 12.4 Å². The number of nitrogen functional groups attached to an aromatic ring is 1. The lowest BCUT2D eigenvalue weighted by molar-refractivity contribution is -0.137. The summed E-state index contributed by atoms with van der Waals surface area (Å²) in [5.41, 5.74) is 4.91. The van der Waals surface area contributed by atoms with Gasteiger partial charge in [0, 0.05) is 5.56 Å². The van der Waals surface area contributed by atoms with Crippen molar-refractivity contribution in [1.29, 1.82) is 0 Å². The lowest BCUT2D eigenvalue weighted by Crippen LogP contribution is -2.08. The highest BCUT2D eigenvalue weighted by Gasteiger charge is 2.30. The zero-order valence-electron chi connectivity index (χ0n) is 9.43. The molecule has 0 aliphatic carbocycles. The smallest absolute Gasteiger partial charge is 0.396 e. The van der Waals surface area contributed by atoms with Gasteiger partial charge in [-0.3, -0.25) is 0 Å². The van der Waals surface area contributed by atoms with Crippen molar-refractivity contribution in [3.8, 4) is 0 Å². The van der Waals surface area contributed by atoms with Crippen LogP contribution in [0.1, 0.15) is 17.4 Å². The summed E-state index contributed by atoms with van der Waals surface area (Å²) in [5, 5.41) is 3.66. The van der Waals surface area contributed by atoms with E-state index >= 15 is 0 Å². The van der Waals surface area contributed by atoms with Crippen LogP contribution in [0, 0.1) is 0 Å². The van der Waals surface area contributed by atoms with E-state index in [2.05, 4.69) is 5.10 Å². The maximum Gasteiger partial charge on any atom is 0.416 e. The summed E-state index contributed by atoms with van der Waals surface area (Å²) in [7, 11) is 0. The third-order valence-electron chi connectivity index (χ3n) is 2.37. The zero-order valence-corrected chi connectivity index (χ0v) is 10.2. The van der Waals surface area contributed by atoms with Crippen molar-refractivity contribution in [2.75, 3.05) is 5.73 Å². The Kier molecular flexibility index (Phi) is 4.41. The molecule has 0 saturated heterocycles. The fourth-order valence-electron chi connectivity index (χ4n) is 1.46. The van der Waals surface area contributed by atoms with Gasteiger partial charge >= 0.3 is 6.18 Å². The molecule has 0 fully saturated rings. The fraction of sp³-hybridized carbons (Fsp3) is 0.182. The first kappa shape index (κ1) is 15.3. The second-order valence-electron chi connectivity index (χ2n) is 3.71. The number of hydrogen-bond donors (Lipinski definition) is 1. The van der Waals surface area contributed by atoms with E-state index in [0.29, 0.717) is 0 Å². The molecule has 2 aromatic rings. The number of hydrogen-bond acceptors (Lipinski definition) is 2. The fourth-order valence-corrected chi connectivity index (χ4v) is 1.46. The van der Waals surface area contributed by atoms with Gasteiger partial charge in [0.1, 0.15) is 0 Å². The number of nitrogens with zero attached hydrogens (tertiary/aromatic N) is 2. The minimum absolute atomic E-state index is 0. The van der Waals surface area contributed by atoms with E-state index < -0.39 is 18.0 Å². The van der Waals surface area contributed by atoms with Gasteiger partial charge in [-0.1, -0.05) is 12.1 Å². The number of alkyl halides is 4. The van der Waals surface area contributed by atoms with Gasteiger partial charge in [-0.2, -0.15) is 18.3 Å². The third-order valence-corrected chi connectivity index (χ3v) is 2.37. The van der Waals surface area contributed by atoms with Gasteiger partial charge in [0.05, 0.1) is 23.6 Å². The van der Waals surface area contributed by atoms with Gasteiger partial charge in [-0.25, -0.2) is 9.07 Å². The quantitative estimate of drug-likeness (QED) is 0.863. The zero-order chi connectivity index (χ0) is 13.3. The average Bonchev–Trinajstić information content (AvgIpc) is 2.74. The van der Waals surface area contributed by atoms with E-state index in [9.17, 15) is 17.6 Å². The molecule has 8 heteroatoms. The van der Waals surface area contributed by atoms with Gasteiger partial charge in [-0.15, -0.1) is 12.4 Å². The molecule has 1 heterocycles. The molecule has 0 saturated carbocycles. The van der Waals surface area contributed by atoms with Crippen molar-refractivity contribution in [2.24, 2.45) is 0 Å². The van der Waals surface area contributed by atoms with E-state index in [4.69, 9.17) is 5.73 Å². The highest BCUT2D eigenvalue weighted by Crippen LogP contribution is 2.30. The van der Waals surface area contributed by atoms with E-state index in [1.54, 1.807) is 0 Å². The van der Waals surface area contributed by atoms with E-state index in [0.717, 1.165) is 28.9 Å². The minimum atomic E-state index is -4.43. The molecule has 0 spiro atoms. The Hall–Kier alpha value is -1.76. The summed E-state index contributed by atoms with van der Waals surface area (Å²) in [4.78, 5) is 0. The number of anilines is 1. The van der Waals surface area contributed by atoms with Gasteiger partial charge in [-0.05, 0) is 12.1 Å². The van der Waals surface area contributed by atoms with Crippen molar-refractivity contribution >= 4 is 18.1 Å². The largest absolute Gasteiger partial charge is 0.416 e. The van der Waals surface area contributed by atoms with Crippen LogP contribution in [0.15, 0.2) is 36.7 Å². The SMILES string of the molecule is Cl.Nc1cnn(C(F)c2ccc(C(F)(F)F)cc2)c1. The van der Waals surface area contributed by atoms with Crippen LogP contribution in [0.2, 0.25) is 0 Å². The Balaban J connectivity index is 0.00000180. The van der Waals surface area contributed by atoms with Gasteiger partial charge in [0.25, 0.3) is 0 Å². The Morgan fingerprint density at radius 1 is 1.16 bits per heavy atom. The molecule has 1 unspecified atom stereocenters. The number of nitrogens with two attached hydrogens (primary N) is 1. The summed E-state index contributed by atoms with van der Waals surface area (Å²) < 4.78 is 51.8. The van der Waals surface area contributed by atoms with Crippen LogP contribution < -0.4 is 5.73 Å². The number of halogens is 5. The highest BCUT2D eigenvalue weighted by atomic mass is 35.5. The van der Waals surface area contributed by atoms with Crippen molar-refractivity contribution in [1.82, 2.24) is 9.78 Å². The topological polar surface area (TPSA) is 43.8 Å². The first-order valence-electron chi connectivity index (χ1n) is 4.99. The van der Waals surface area contributed by atoms with Crippen molar-refractivity contribution in [3.05, 3.63) is 47.8 Å². The highest BCUT2D eigenvalue weighted by molar-refractivity contribution is 5.85. The van der Waals surface area contributed by atoms with Crippen LogP contribution in [0.4, 0.5) is 23.2 Å².